The Morgan fingerprint density at radius 1 is 1.35 bits per heavy atom. The first-order valence-corrected chi connectivity index (χ1v) is 7.28. The third kappa shape index (κ3) is 4.05. The maximum Gasteiger partial charge on any atom is 0.218 e. The van der Waals surface area contributed by atoms with E-state index in [4.69, 9.17) is 15.2 Å². The highest BCUT2D eigenvalue weighted by Gasteiger charge is 2.21. The van der Waals surface area contributed by atoms with Crippen LogP contribution < -0.4 is 15.4 Å². The smallest absolute Gasteiger partial charge is 0.218 e. The van der Waals surface area contributed by atoms with Gasteiger partial charge in [0.2, 0.25) is 5.88 Å². The molecule has 1 saturated heterocycles. The number of ether oxygens (including phenoxy) is 2. The predicted octanol–water partition coefficient (Wildman–Crippen LogP) is 1.13. The van der Waals surface area contributed by atoms with E-state index in [1.807, 2.05) is 19.9 Å². The lowest BCUT2D eigenvalue weighted by atomic mass is 10.1. The van der Waals surface area contributed by atoms with Gasteiger partial charge in [-0.3, -0.25) is 0 Å². The van der Waals surface area contributed by atoms with E-state index in [1.54, 1.807) is 0 Å². The Hall–Kier alpha value is -1.40. The molecule has 0 atom stereocenters. The van der Waals surface area contributed by atoms with Gasteiger partial charge in [-0.2, -0.15) is 4.98 Å². The molecule has 0 amide bonds. The van der Waals surface area contributed by atoms with Crippen molar-refractivity contribution in [3.63, 3.8) is 0 Å². The van der Waals surface area contributed by atoms with Gasteiger partial charge < -0.3 is 20.1 Å². The third-order valence-corrected chi connectivity index (χ3v) is 3.33. The van der Waals surface area contributed by atoms with Crippen LogP contribution in [0.25, 0.3) is 0 Å². The molecule has 0 spiro atoms. The highest BCUT2D eigenvalue weighted by Crippen LogP contribution is 2.22. The summed E-state index contributed by atoms with van der Waals surface area (Å²) in [6, 6.07) is 1.91. The highest BCUT2D eigenvalue weighted by molar-refractivity contribution is 5.42. The molecule has 6 nitrogen and oxygen atoms in total. The molecule has 2 rings (SSSR count). The number of rotatable bonds is 6. The molecule has 0 bridgehead atoms. The monoisotopic (exact) mass is 280 g/mol. The molecule has 0 saturated carbocycles. The zero-order valence-corrected chi connectivity index (χ0v) is 12.3. The summed E-state index contributed by atoms with van der Waals surface area (Å²) in [6.07, 6.45) is 2.34. The minimum Gasteiger partial charge on any atom is -0.478 e. The van der Waals surface area contributed by atoms with Gasteiger partial charge in [-0.1, -0.05) is 0 Å². The topological polar surface area (TPSA) is 73.5 Å². The molecule has 1 fully saturated rings. The zero-order chi connectivity index (χ0) is 14.4. The first-order chi connectivity index (χ1) is 9.72. The van der Waals surface area contributed by atoms with E-state index < -0.39 is 0 Å². The zero-order valence-electron chi connectivity index (χ0n) is 12.3. The average molecular weight is 280 g/mol. The Morgan fingerprint density at radius 3 is 2.75 bits per heavy atom. The normalized spacial score (nSPS) is 16.4. The van der Waals surface area contributed by atoms with Crippen LogP contribution in [-0.4, -0.2) is 48.9 Å². The summed E-state index contributed by atoms with van der Waals surface area (Å²) in [5, 5.41) is 0. The number of anilines is 1. The average Bonchev–Trinajstić information content (AvgIpc) is 2.45. The van der Waals surface area contributed by atoms with E-state index in [0.29, 0.717) is 31.7 Å². The molecular formula is C14H24N4O2. The molecule has 20 heavy (non-hydrogen) atoms. The molecule has 0 unspecified atom stereocenters. The van der Waals surface area contributed by atoms with Gasteiger partial charge in [0.25, 0.3) is 0 Å². The summed E-state index contributed by atoms with van der Waals surface area (Å²) >= 11 is 0. The third-order valence-electron chi connectivity index (χ3n) is 3.33. The van der Waals surface area contributed by atoms with Crippen LogP contribution in [0.1, 0.15) is 25.6 Å². The van der Waals surface area contributed by atoms with Crippen molar-refractivity contribution < 1.29 is 9.47 Å². The van der Waals surface area contributed by atoms with Crippen LogP contribution in [0.5, 0.6) is 5.88 Å². The number of hydrogen-bond donors (Lipinski definition) is 1. The molecule has 1 aliphatic heterocycles. The number of nitrogens with two attached hydrogens (primary N) is 1. The Kier molecular flexibility index (Phi) is 5.55. The van der Waals surface area contributed by atoms with Gasteiger partial charge in [-0.25, -0.2) is 4.98 Å². The van der Waals surface area contributed by atoms with Crippen molar-refractivity contribution in [2.75, 3.05) is 37.7 Å². The van der Waals surface area contributed by atoms with Crippen LogP contribution in [0.15, 0.2) is 6.07 Å². The quantitative estimate of drug-likeness (QED) is 0.842. The van der Waals surface area contributed by atoms with Crippen molar-refractivity contribution in [1.82, 2.24) is 9.97 Å². The van der Waals surface area contributed by atoms with Gasteiger partial charge in [-0.05, 0) is 26.7 Å². The summed E-state index contributed by atoms with van der Waals surface area (Å²) in [5.41, 5.74) is 5.46. The van der Waals surface area contributed by atoms with Crippen molar-refractivity contribution in [2.45, 2.75) is 32.8 Å². The van der Waals surface area contributed by atoms with E-state index >= 15 is 0 Å². The van der Waals surface area contributed by atoms with Crippen LogP contribution in [0.2, 0.25) is 0 Å². The maximum atomic E-state index is 5.69. The lowest BCUT2D eigenvalue weighted by molar-refractivity contribution is 0.0421. The van der Waals surface area contributed by atoms with Crippen LogP contribution in [0.3, 0.4) is 0 Å². The van der Waals surface area contributed by atoms with E-state index in [2.05, 4.69) is 14.9 Å². The fraction of sp³-hybridized carbons (Fsp3) is 0.714. The Balaban J connectivity index is 1.96. The van der Waals surface area contributed by atoms with Gasteiger partial charge in [0, 0.05) is 25.7 Å². The second-order valence-electron chi connectivity index (χ2n) is 4.89. The van der Waals surface area contributed by atoms with Crippen LogP contribution in [0, 0.1) is 6.92 Å². The lowest BCUT2D eigenvalue weighted by Crippen LogP contribution is -2.38. The van der Waals surface area contributed by atoms with Gasteiger partial charge >= 0.3 is 0 Å². The number of aromatic nitrogens is 2. The number of nitrogens with zero attached hydrogens (tertiary/aromatic N) is 3. The summed E-state index contributed by atoms with van der Waals surface area (Å²) in [4.78, 5) is 11.0. The van der Waals surface area contributed by atoms with E-state index in [-0.39, 0.29) is 0 Å². The number of hydrogen-bond acceptors (Lipinski definition) is 6. The molecule has 2 heterocycles. The molecule has 2 N–H and O–H groups in total. The SMILES string of the molecule is CCOc1cc(N2CCC(OCCN)CC2)nc(C)n1. The van der Waals surface area contributed by atoms with Crippen LogP contribution in [-0.2, 0) is 4.74 Å². The Bertz CT molecular complexity index is 420. The minimum atomic E-state index is 0.323. The Labute approximate surface area is 120 Å². The molecule has 1 aliphatic rings. The largest absolute Gasteiger partial charge is 0.478 e. The second kappa shape index (κ2) is 7.40. The first-order valence-electron chi connectivity index (χ1n) is 7.28. The van der Waals surface area contributed by atoms with Gasteiger partial charge in [0.15, 0.2) is 0 Å². The van der Waals surface area contributed by atoms with Gasteiger partial charge in [-0.15, -0.1) is 0 Å². The first kappa shape index (κ1) is 15.0. The standard InChI is InChI=1S/C14H24N4O2/c1-3-19-14-10-13(16-11(2)17-14)18-7-4-12(5-8-18)20-9-6-15/h10,12H,3-9,15H2,1-2H3. The Morgan fingerprint density at radius 2 is 2.10 bits per heavy atom. The highest BCUT2D eigenvalue weighted by atomic mass is 16.5. The predicted molar refractivity (Wildman–Crippen MR) is 78.2 cm³/mol. The van der Waals surface area contributed by atoms with E-state index in [1.165, 1.54) is 0 Å². The van der Waals surface area contributed by atoms with Crippen molar-refractivity contribution in [3.8, 4) is 5.88 Å². The fourth-order valence-corrected chi connectivity index (χ4v) is 2.40. The molecular weight excluding hydrogens is 256 g/mol. The van der Waals surface area contributed by atoms with Crippen molar-refractivity contribution in [3.05, 3.63) is 11.9 Å². The summed E-state index contributed by atoms with van der Waals surface area (Å²) < 4.78 is 11.2. The number of piperidine rings is 1. The fourth-order valence-electron chi connectivity index (χ4n) is 2.40. The van der Waals surface area contributed by atoms with Crippen LogP contribution >= 0.6 is 0 Å². The summed E-state index contributed by atoms with van der Waals surface area (Å²) in [5.74, 6) is 2.34. The second-order valence-corrected chi connectivity index (χ2v) is 4.89. The molecule has 1 aromatic rings. The van der Waals surface area contributed by atoms with Crippen molar-refractivity contribution in [2.24, 2.45) is 5.73 Å². The van der Waals surface area contributed by atoms with Crippen molar-refractivity contribution >= 4 is 5.82 Å². The lowest BCUT2D eigenvalue weighted by Gasteiger charge is -2.32. The van der Waals surface area contributed by atoms with E-state index in [0.717, 1.165) is 37.6 Å². The molecule has 112 valence electrons. The minimum absolute atomic E-state index is 0.323. The molecule has 6 heteroatoms. The summed E-state index contributed by atoms with van der Waals surface area (Å²) in [7, 11) is 0. The molecule has 0 aliphatic carbocycles. The molecule has 0 radical (unpaired) electrons. The summed E-state index contributed by atoms with van der Waals surface area (Å²) in [6.45, 7) is 7.58. The molecule has 0 aromatic carbocycles. The molecule has 1 aromatic heterocycles. The van der Waals surface area contributed by atoms with Gasteiger partial charge in [0.05, 0.1) is 19.3 Å². The van der Waals surface area contributed by atoms with Crippen LogP contribution in [0.4, 0.5) is 5.82 Å². The van der Waals surface area contributed by atoms with E-state index in [9.17, 15) is 0 Å². The maximum absolute atomic E-state index is 5.69. The van der Waals surface area contributed by atoms with Gasteiger partial charge in [0.1, 0.15) is 11.6 Å². The number of aryl methyl sites for hydroxylation is 1. The van der Waals surface area contributed by atoms with Crippen molar-refractivity contribution in [1.29, 1.82) is 0 Å².